The van der Waals surface area contributed by atoms with Crippen molar-refractivity contribution in [1.82, 2.24) is 15.2 Å². The van der Waals surface area contributed by atoms with Gasteiger partial charge in [-0.25, -0.2) is 4.98 Å². The van der Waals surface area contributed by atoms with Crippen LogP contribution in [-0.2, 0) is 16.0 Å². The van der Waals surface area contributed by atoms with Crippen LogP contribution in [-0.4, -0.2) is 74.4 Å². The lowest BCUT2D eigenvalue weighted by atomic mass is 9.83. The van der Waals surface area contributed by atoms with Crippen molar-refractivity contribution in [3.8, 4) is 5.75 Å². The molecule has 0 atom stereocenters. The molecule has 0 bridgehead atoms. The maximum Gasteiger partial charge on any atom is 0.223 e. The van der Waals surface area contributed by atoms with Gasteiger partial charge in [0.15, 0.2) is 0 Å². The Balaban J connectivity index is 0.00000133. The van der Waals surface area contributed by atoms with Crippen molar-refractivity contribution in [2.75, 3.05) is 57.4 Å². The fourth-order valence-corrected chi connectivity index (χ4v) is 5.79. The van der Waals surface area contributed by atoms with Crippen molar-refractivity contribution in [2.24, 2.45) is 11.8 Å². The lowest BCUT2D eigenvalue weighted by molar-refractivity contribution is -0.128. The highest BCUT2D eigenvalue weighted by atomic mass is 16.5. The summed E-state index contributed by atoms with van der Waals surface area (Å²) in [5, 5.41) is 3.33. The number of anilines is 1. The normalized spacial score (nSPS) is 25.6. The minimum atomic E-state index is 0.166. The van der Waals surface area contributed by atoms with Crippen LogP contribution in [0.15, 0.2) is 12.3 Å². The first-order valence-electron chi connectivity index (χ1n) is 13.7. The molecule has 0 radical (unpaired) electrons. The predicted octanol–water partition coefficient (Wildman–Crippen LogP) is 3.66. The van der Waals surface area contributed by atoms with E-state index in [0.717, 1.165) is 95.6 Å². The Morgan fingerprint density at radius 2 is 1.76 bits per heavy atom. The molecule has 3 fully saturated rings. The van der Waals surface area contributed by atoms with Gasteiger partial charge in [-0.2, -0.15) is 0 Å². The molecule has 1 saturated carbocycles. The first-order valence-corrected chi connectivity index (χ1v) is 13.7. The second-order valence-corrected chi connectivity index (χ2v) is 9.94. The number of pyridine rings is 1. The molecular formula is C27H44N4O3. The maximum absolute atomic E-state index is 12.5. The average molecular weight is 473 g/mol. The smallest absolute Gasteiger partial charge is 0.223 e. The molecule has 4 aliphatic rings. The van der Waals surface area contributed by atoms with Gasteiger partial charge in [0.05, 0.1) is 6.61 Å². The van der Waals surface area contributed by atoms with Gasteiger partial charge in [0.25, 0.3) is 0 Å². The molecule has 190 valence electrons. The third kappa shape index (κ3) is 6.42. The van der Waals surface area contributed by atoms with Gasteiger partial charge < -0.3 is 19.7 Å². The summed E-state index contributed by atoms with van der Waals surface area (Å²) in [6.45, 7) is 11.8. The van der Waals surface area contributed by atoms with Crippen LogP contribution in [0.25, 0.3) is 0 Å². The standard InChI is InChI=1S/C25H38N4O3.C2H6/c30-25(20-7-16-31-17-8-20)27-21-3-1-19(2-4-21)6-11-28-12-14-29(15-13-28)24-22-9-18-32-23(22)5-10-26-24;1-2/h5,10,19-21H,1-4,6-9,11-18H2,(H,27,30);1-2H3. The molecule has 34 heavy (non-hydrogen) atoms. The number of hydrogen-bond donors (Lipinski definition) is 1. The van der Waals surface area contributed by atoms with Gasteiger partial charge in [0.2, 0.25) is 5.91 Å². The minimum absolute atomic E-state index is 0.166. The van der Waals surface area contributed by atoms with E-state index in [-0.39, 0.29) is 11.8 Å². The number of fused-ring (bicyclic) bond motifs is 1. The lowest BCUT2D eigenvalue weighted by Gasteiger charge is -2.37. The molecule has 7 heteroatoms. The fraction of sp³-hybridized carbons (Fsp3) is 0.778. The Kier molecular flexibility index (Phi) is 9.45. The van der Waals surface area contributed by atoms with Crippen LogP contribution >= 0.6 is 0 Å². The molecule has 1 aromatic rings. The first kappa shape index (κ1) is 25.2. The van der Waals surface area contributed by atoms with Crippen LogP contribution < -0.4 is 15.0 Å². The van der Waals surface area contributed by atoms with Gasteiger partial charge in [-0.3, -0.25) is 9.69 Å². The summed E-state index contributed by atoms with van der Waals surface area (Å²) in [7, 11) is 0. The van der Waals surface area contributed by atoms with Gasteiger partial charge in [-0.15, -0.1) is 0 Å². The molecule has 1 amide bonds. The summed E-state index contributed by atoms with van der Waals surface area (Å²) in [4.78, 5) is 22.2. The Morgan fingerprint density at radius 1 is 1.03 bits per heavy atom. The zero-order chi connectivity index (χ0) is 23.8. The van der Waals surface area contributed by atoms with E-state index in [1.54, 1.807) is 0 Å². The van der Waals surface area contributed by atoms with Crippen molar-refractivity contribution in [2.45, 2.75) is 71.3 Å². The number of ether oxygens (including phenoxy) is 2. The van der Waals surface area contributed by atoms with Gasteiger partial charge in [-0.1, -0.05) is 13.8 Å². The number of carbonyl (C=O) groups excluding carboxylic acids is 1. The molecule has 4 heterocycles. The largest absolute Gasteiger partial charge is 0.493 e. The van der Waals surface area contributed by atoms with Crippen molar-refractivity contribution < 1.29 is 14.3 Å². The summed E-state index contributed by atoms with van der Waals surface area (Å²) in [5.41, 5.74) is 1.29. The summed E-state index contributed by atoms with van der Waals surface area (Å²) in [5.74, 6) is 3.40. The van der Waals surface area contributed by atoms with Crippen LogP contribution in [0.4, 0.5) is 5.82 Å². The zero-order valence-electron chi connectivity index (χ0n) is 21.3. The Labute approximate surface area is 205 Å². The second-order valence-electron chi connectivity index (χ2n) is 9.94. The van der Waals surface area contributed by atoms with Gasteiger partial charge in [-0.05, 0) is 63.5 Å². The fourth-order valence-electron chi connectivity index (χ4n) is 5.79. The lowest BCUT2D eigenvalue weighted by Crippen LogP contribution is -2.47. The van der Waals surface area contributed by atoms with Crippen molar-refractivity contribution in [1.29, 1.82) is 0 Å². The number of piperazine rings is 1. The molecule has 0 unspecified atom stereocenters. The predicted molar refractivity (Wildman–Crippen MR) is 135 cm³/mol. The number of nitrogens with one attached hydrogen (secondary N) is 1. The number of carbonyl (C=O) groups is 1. The summed E-state index contributed by atoms with van der Waals surface area (Å²) in [6.07, 6.45) is 10.7. The summed E-state index contributed by atoms with van der Waals surface area (Å²) >= 11 is 0. The highest BCUT2D eigenvalue weighted by molar-refractivity contribution is 5.79. The Bertz CT molecular complexity index is 767. The van der Waals surface area contributed by atoms with Gasteiger partial charge >= 0.3 is 0 Å². The molecule has 7 nitrogen and oxygen atoms in total. The third-order valence-corrected chi connectivity index (χ3v) is 7.91. The molecular weight excluding hydrogens is 428 g/mol. The SMILES string of the molecule is CC.O=C(NC1CCC(CCN2CCN(c3nccc4c3CCO4)CC2)CC1)C1CCOCC1. The van der Waals surface area contributed by atoms with E-state index in [1.807, 2.05) is 26.1 Å². The van der Waals surface area contributed by atoms with Gasteiger partial charge in [0.1, 0.15) is 11.6 Å². The first-order chi connectivity index (χ1) is 16.8. The number of hydrogen-bond acceptors (Lipinski definition) is 6. The average Bonchev–Trinajstić information content (AvgIpc) is 3.40. The maximum atomic E-state index is 12.5. The quantitative estimate of drug-likeness (QED) is 0.682. The van der Waals surface area contributed by atoms with E-state index < -0.39 is 0 Å². The second kappa shape index (κ2) is 12.7. The topological polar surface area (TPSA) is 66.9 Å². The molecule has 1 aromatic heterocycles. The van der Waals surface area contributed by atoms with Crippen LogP contribution in [0.1, 0.15) is 64.4 Å². The highest BCUT2D eigenvalue weighted by Crippen LogP contribution is 2.32. The number of amides is 1. The number of aromatic nitrogens is 1. The molecule has 1 aliphatic carbocycles. The van der Waals surface area contributed by atoms with E-state index in [2.05, 4.69) is 20.1 Å². The number of rotatable bonds is 6. The van der Waals surface area contributed by atoms with E-state index in [0.29, 0.717) is 6.04 Å². The Hall–Kier alpha value is -1.86. The zero-order valence-corrected chi connectivity index (χ0v) is 21.3. The minimum Gasteiger partial charge on any atom is -0.493 e. The van der Waals surface area contributed by atoms with E-state index >= 15 is 0 Å². The van der Waals surface area contributed by atoms with Crippen LogP contribution in [0, 0.1) is 11.8 Å². The van der Waals surface area contributed by atoms with E-state index in [9.17, 15) is 4.79 Å². The van der Waals surface area contributed by atoms with E-state index in [4.69, 9.17) is 9.47 Å². The van der Waals surface area contributed by atoms with Crippen molar-refractivity contribution in [3.63, 3.8) is 0 Å². The number of nitrogens with zero attached hydrogens (tertiary/aromatic N) is 3. The van der Waals surface area contributed by atoms with Crippen LogP contribution in [0.3, 0.4) is 0 Å². The van der Waals surface area contributed by atoms with E-state index in [1.165, 1.54) is 31.4 Å². The molecule has 0 spiro atoms. The monoisotopic (exact) mass is 472 g/mol. The Morgan fingerprint density at radius 3 is 2.50 bits per heavy atom. The molecule has 5 rings (SSSR count). The van der Waals surface area contributed by atoms with Crippen molar-refractivity contribution >= 4 is 11.7 Å². The molecule has 0 aromatic carbocycles. The molecule has 2 saturated heterocycles. The summed E-state index contributed by atoms with van der Waals surface area (Å²) in [6, 6.07) is 2.38. The van der Waals surface area contributed by atoms with Crippen LogP contribution in [0.2, 0.25) is 0 Å². The third-order valence-electron chi connectivity index (χ3n) is 7.91. The highest BCUT2D eigenvalue weighted by Gasteiger charge is 2.28. The molecule has 1 N–H and O–H groups in total. The molecule has 3 aliphatic heterocycles. The van der Waals surface area contributed by atoms with Crippen LogP contribution in [0.5, 0.6) is 5.75 Å². The van der Waals surface area contributed by atoms with Crippen molar-refractivity contribution in [3.05, 3.63) is 17.8 Å². The van der Waals surface area contributed by atoms with Gasteiger partial charge in [0, 0.05) is 69.5 Å². The summed E-state index contributed by atoms with van der Waals surface area (Å²) < 4.78 is 11.1.